The number of carbonyl (C=O) groups is 1. The van der Waals surface area contributed by atoms with Crippen LogP contribution in [0.5, 0.6) is 5.75 Å². The normalized spacial score (nSPS) is 9.75. The molecule has 2 aromatic rings. The van der Waals surface area contributed by atoms with Gasteiger partial charge in [-0.3, -0.25) is 14.9 Å². The molecule has 2 rings (SSSR count). The van der Waals surface area contributed by atoms with Crippen molar-refractivity contribution in [3.05, 3.63) is 56.3 Å². The van der Waals surface area contributed by atoms with Gasteiger partial charge in [0.25, 0.3) is 0 Å². The van der Waals surface area contributed by atoms with E-state index in [1.165, 1.54) is 23.5 Å². The number of hydrogen-bond acceptors (Lipinski definition) is 6. The fourth-order valence-corrected chi connectivity index (χ4v) is 2.15. The number of ketones is 1. The van der Waals surface area contributed by atoms with Crippen molar-refractivity contribution in [1.29, 1.82) is 5.26 Å². The Labute approximate surface area is 118 Å². The van der Waals surface area contributed by atoms with Gasteiger partial charge in [0.15, 0.2) is 12.4 Å². The van der Waals surface area contributed by atoms with Crippen molar-refractivity contribution in [2.24, 2.45) is 0 Å². The monoisotopic (exact) mass is 288 g/mol. The van der Waals surface area contributed by atoms with Crippen molar-refractivity contribution < 1.29 is 14.5 Å². The molecule has 0 aliphatic carbocycles. The number of thiophene rings is 1. The molecular formula is C13H8N2O4S. The smallest absolute Gasteiger partial charge is 0.312 e. The van der Waals surface area contributed by atoms with Gasteiger partial charge in [-0.25, -0.2) is 0 Å². The fraction of sp³-hybridized carbons (Fsp3) is 0.0769. The highest BCUT2D eigenvalue weighted by molar-refractivity contribution is 7.12. The van der Waals surface area contributed by atoms with Crippen LogP contribution < -0.4 is 4.74 Å². The van der Waals surface area contributed by atoms with Crippen LogP contribution in [0.25, 0.3) is 0 Å². The predicted octanol–water partition coefficient (Wildman–Crippen LogP) is 2.79. The summed E-state index contributed by atoms with van der Waals surface area (Å²) in [7, 11) is 0. The zero-order chi connectivity index (χ0) is 14.5. The molecule has 1 aromatic heterocycles. The zero-order valence-corrected chi connectivity index (χ0v) is 10.9. The molecule has 0 unspecified atom stereocenters. The van der Waals surface area contributed by atoms with Crippen molar-refractivity contribution in [1.82, 2.24) is 0 Å². The summed E-state index contributed by atoms with van der Waals surface area (Å²) in [6.07, 6.45) is 0. The summed E-state index contributed by atoms with van der Waals surface area (Å²) in [6.45, 7) is -0.284. The van der Waals surface area contributed by atoms with Crippen LogP contribution in [0, 0.1) is 21.4 Å². The van der Waals surface area contributed by atoms with Gasteiger partial charge in [0.05, 0.1) is 21.4 Å². The highest BCUT2D eigenvalue weighted by Gasteiger charge is 2.17. The number of hydrogen-bond donors (Lipinski definition) is 0. The number of benzene rings is 1. The van der Waals surface area contributed by atoms with Gasteiger partial charge in [-0.2, -0.15) is 5.26 Å². The van der Waals surface area contributed by atoms with Gasteiger partial charge in [0.2, 0.25) is 5.78 Å². The number of carbonyl (C=O) groups excluding carboxylic acids is 1. The minimum atomic E-state index is -0.647. The zero-order valence-electron chi connectivity index (χ0n) is 10.1. The van der Waals surface area contributed by atoms with Crippen molar-refractivity contribution in [2.45, 2.75) is 0 Å². The lowest BCUT2D eigenvalue weighted by Gasteiger charge is -2.05. The SMILES string of the molecule is N#Cc1ccc(OCC(=O)c2cccs2)c([N+](=O)[O-])c1. The minimum absolute atomic E-state index is 0.0288. The van der Waals surface area contributed by atoms with Gasteiger partial charge in [-0.1, -0.05) is 6.07 Å². The van der Waals surface area contributed by atoms with E-state index in [1.807, 2.05) is 6.07 Å². The average Bonchev–Trinajstić information content (AvgIpc) is 2.98. The first kappa shape index (κ1) is 13.7. The van der Waals surface area contributed by atoms with Crippen LogP contribution in [0.2, 0.25) is 0 Å². The number of ether oxygens (including phenoxy) is 1. The van der Waals surface area contributed by atoms with Crippen molar-refractivity contribution >= 4 is 22.8 Å². The van der Waals surface area contributed by atoms with Gasteiger partial charge in [-0.15, -0.1) is 11.3 Å². The predicted molar refractivity (Wildman–Crippen MR) is 72.0 cm³/mol. The van der Waals surface area contributed by atoms with Gasteiger partial charge in [-0.05, 0) is 23.6 Å². The molecule has 0 radical (unpaired) electrons. The van der Waals surface area contributed by atoms with E-state index in [1.54, 1.807) is 17.5 Å². The Morgan fingerprint density at radius 1 is 1.45 bits per heavy atom. The number of Topliss-reactive ketones (excluding diaryl/α,β-unsaturated/α-hetero) is 1. The van der Waals surface area contributed by atoms with E-state index in [2.05, 4.69) is 0 Å². The molecule has 0 N–H and O–H groups in total. The molecule has 6 nitrogen and oxygen atoms in total. The molecule has 1 heterocycles. The molecule has 1 aromatic carbocycles. The van der Waals surface area contributed by atoms with Crippen LogP contribution in [0.1, 0.15) is 15.2 Å². The molecule has 0 spiro atoms. The second-order valence-corrected chi connectivity index (χ2v) is 4.69. The Balaban J connectivity index is 2.15. The first-order chi connectivity index (χ1) is 9.61. The largest absolute Gasteiger partial charge is 0.478 e. The fourth-order valence-electron chi connectivity index (χ4n) is 1.50. The van der Waals surface area contributed by atoms with Crippen LogP contribution >= 0.6 is 11.3 Å². The van der Waals surface area contributed by atoms with E-state index in [4.69, 9.17) is 10.00 Å². The molecule has 20 heavy (non-hydrogen) atoms. The molecule has 0 aliphatic rings. The number of nitrogens with zero attached hydrogens (tertiary/aromatic N) is 2. The third-order valence-electron chi connectivity index (χ3n) is 2.44. The van der Waals surface area contributed by atoms with Gasteiger partial charge < -0.3 is 4.74 Å². The molecule has 0 saturated carbocycles. The standard InChI is InChI=1S/C13H8N2O4S/c14-7-9-3-4-12(10(6-9)15(17)18)19-8-11(16)13-2-1-5-20-13/h1-6H,8H2. The number of nitriles is 1. The van der Waals surface area contributed by atoms with Crippen molar-refractivity contribution in [3.8, 4) is 11.8 Å². The van der Waals surface area contributed by atoms with E-state index in [0.29, 0.717) is 4.88 Å². The molecule has 0 bridgehead atoms. The highest BCUT2D eigenvalue weighted by Crippen LogP contribution is 2.28. The molecule has 100 valence electrons. The first-order valence-electron chi connectivity index (χ1n) is 5.50. The maximum Gasteiger partial charge on any atom is 0.312 e. The second-order valence-electron chi connectivity index (χ2n) is 3.74. The lowest BCUT2D eigenvalue weighted by Crippen LogP contribution is -2.11. The van der Waals surface area contributed by atoms with Crippen LogP contribution in [0.3, 0.4) is 0 Å². The van der Waals surface area contributed by atoms with Gasteiger partial charge in [0, 0.05) is 6.07 Å². The molecule has 0 fully saturated rings. The van der Waals surface area contributed by atoms with Crippen LogP contribution in [-0.4, -0.2) is 17.3 Å². The van der Waals surface area contributed by atoms with Crippen LogP contribution in [-0.2, 0) is 0 Å². The molecule has 0 saturated heterocycles. The summed E-state index contributed by atoms with van der Waals surface area (Å²) in [5, 5.41) is 21.4. The Kier molecular flexibility index (Phi) is 4.08. The first-order valence-corrected chi connectivity index (χ1v) is 6.38. The summed E-state index contributed by atoms with van der Waals surface area (Å²) < 4.78 is 5.19. The third-order valence-corrected chi connectivity index (χ3v) is 3.35. The molecule has 7 heteroatoms. The molecular weight excluding hydrogens is 280 g/mol. The Morgan fingerprint density at radius 2 is 2.25 bits per heavy atom. The quantitative estimate of drug-likeness (QED) is 0.479. The summed E-state index contributed by atoms with van der Waals surface area (Å²) >= 11 is 1.28. The molecule has 0 amide bonds. The van der Waals surface area contributed by atoms with E-state index < -0.39 is 4.92 Å². The summed E-state index contributed by atoms with van der Waals surface area (Å²) in [6, 6.07) is 9.04. The van der Waals surface area contributed by atoms with Gasteiger partial charge in [0.1, 0.15) is 0 Å². The van der Waals surface area contributed by atoms with E-state index in [9.17, 15) is 14.9 Å². The Bertz CT molecular complexity index is 689. The van der Waals surface area contributed by atoms with Crippen molar-refractivity contribution in [2.75, 3.05) is 6.61 Å². The number of rotatable bonds is 5. The maximum atomic E-state index is 11.7. The highest BCUT2D eigenvalue weighted by atomic mass is 32.1. The van der Waals surface area contributed by atoms with Crippen LogP contribution in [0.4, 0.5) is 5.69 Å². The summed E-state index contributed by atoms with van der Waals surface area (Å²) in [5.41, 5.74) is -0.170. The second kappa shape index (κ2) is 5.95. The topological polar surface area (TPSA) is 93.2 Å². The lowest BCUT2D eigenvalue weighted by molar-refractivity contribution is -0.385. The Hall–Kier alpha value is -2.72. The maximum absolute atomic E-state index is 11.7. The van der Waals surface area contributed by atoms with Crippen molar-refractivity contribution in [3.63, 3.8) is 0 Å². The van der Waals surface area contributed by atoms with E-state index in [0.717, 1.165) is 6.07 Å². The molecule has 0 atom stereocenters. The van der Waals surface area contributed by atoms with E-state index in [-0.39, 0.29) is 29.4 Å². The Morgan fingerprint density at radius 3 is 2.85 bits per heavy atom. The number of nitro benzene ring substituents is 1. The van der Waals surface area contributed by atoms with E-state index >= 15 is 0 Å². The third kappa shape index (κ3) is 2.99. The summed E-state index contributed by atoms with van der Waals surface area (Å²) in [5.74, 6) is -0.280. The number of nitro groups is 1. The van der Waals surface area contributed by atoms with Crippen LogP contribution in [0.15, 0.2) is 35.7 Å². The summed E-state index contributed by atoms with van der Waals surface area (Å²) in [4.78, 5) is 22.5. The molecule has 0 aliphatic heterocycles. The van der Waals surface area contributed by atoms with Gasteiger partial charge >= 0.3 is 5.69 Å². The average molecular weight is 288 g/mol. The lowest BCUT2D eigenvalue weighted by atomic mass is 10.2. The minimum Gasteiger partial charge on any atom is -0.478 e.